The lowest BCUT2D eigenvalue weighted by molar-refractivity contribution is 0.528. The zero-order chi connectivity index (χ0) is 14.7. The van der Waals surface area contributed by atoms with Crippen LogP contribution in [0.3, 0.4) is 0 Å². The van der Waals surface area contributed by atoms with Crippen LogP contribution in [-0.2, 0) is 5.75 Å². The van der Waals surface area contributed by atoms with E-state index in [9.17, 15) is 4.39 Å². The number of halogens is 2. The van der Waals surface area contributed by atoms with Gasteiger partial charge in [-0.3, -0.25) is 0 Å². The summed E-state index contributed by atoms with van der Waals surface area (Å²) in [5.41, 5.74) is 0.878. The molecule has 0 aliphatic carbocycles. The first-order valence-electron chi connectivity index (χ1n) is 6.17. The van der Waals surface area contributed by atoms with E-state index in [4.69, 9.17) is 4.42 Å². The van der Waals surface area contributed by atoms with Crippen molar-refractivity contribution in [1.29, 1.82) is 0 Å². The lowest BCUT2D eigenvalue weighted by atomic mass is 10.2. The predicted molar refractivity (Wildman–Crippen MR) is 83.4 cm³/mol. The molecule has 3 nitrogen and oxygen atoms in total. The van der Waals surface area contributed by atoms with E-state index in [1.165, 1.54) is 23.9 Å². The molecule has 0 unspecified atom stereocenters. The minimum absolute atomic E-state index is 0.241. The van der Waals surface area contributed by atoms with Crippen molar-refractivity contribution in [3.63, 3.8) is 0 Å². The topological polar surface area (TPSA) is 38.9 Å². The Morgan fingerprint density at radius 3 is 2.43 bits per heavy atom. The molecule has 0 saturated carbocycles. The highest BCUT2D eigenvalue weighted by Crippen LogP contribution is 2.25. The van der Waals surface area contributed by atoms with Gasteiger partial charge in [-0.15, -0.1) is 22.0 Å². The summed E-state index contributed by atoms with van der Waals surface area (Å²) in [5, 5.41) is 8.06. The van der Waals surface area contributed by atoms with Gasteiger partial charge in [-0.05, 0) is 48.5 Å². The van der Waals surface area contributed by atoms with Crippen molar-refractivity contribution in [3.8, 4) is 11.5 Å². The number of nitrogens with zero attached hydrogens (tertiary/aromatic N) is 2. The fourth-order valence-corrected chi connectivity index (χ4v) is 2.70. The van der Waals surface area contributed by atoms with Gasteiger partial charge in [-0.1, -0.05) is 15.9 Å². The van der Waals surface area contributed by atoms with Gasteiger partial charge in [-0.25, -0.2) is 4.39 Å². The van der Waals surface area contributed by atoms with Crippen LogP contribution in [0.4, 0.5) is 4.39 Å². The Bertz CT molecular complexity index is 728. The number of hydrogen-bond donors (Lipinski definition) is 0. The molecule has 1 aromatic heterocycles. The molecule has 0 saturated heterocycles. The Kier molecular flexibility index (Phi) is 4.36. The van der Waals surface area contributed by atoms with Gasteiger partial charge in [0.2, 0.25) is 11.8 Å². The summed E-state index contributed by atoms with van der Waals surface area (Å²) in [6.07, 6.45) is 0. The molecule has 0 fully saturated rings. The van der Waals surface area contributed by atoms with Crippen molar-refractivity contribution in [1.82, 2.24) is 10.2 Å². The monoisotopic (exact) mass is 364 g/mol. The maximum absolute atomic E-state index is 12.8. The average molecular weight is 365 g/mol. The zero-order valence-electron chi connectivity index (χ0n) is 10.8. The van der Waals surface area contributed by atoms with E-state index >= 15 is 0 Å². The van der Waals surface area contributed by atoms with Crippen LogP contribution >= 0.6 is 27.7 Å². The van der Waals surface area contributed by atoms with Crippen LogP contribution in [0.1, 0.15) is 5.89 Å². The first kappa shape index (κ1) is 14.3. The highest BCUT2D eigenvalue weighted by molar-refractivity contribution is 9.10. The summed E-state index contributed by atoms with van der Waals surface area (Å²) in [6, 6.07) is 14.0. The fraction of sp³-hybridized carbons (Fsp3) is 0.0667. The molecule has 3 rings (SSSR count). The Morgan fingerprint density at radius 2 is 1.71 bits per heavy atom. The average Bonchev–Trinajstić information content (AvgIpc) is 2.96. The number of rotatable bonds is 4. The number of aromatic nitrogens is 2. The molecular weight excluding hydrogens is 355 g/mol. The Hall–Kier alpha value is -1.66. The van der Waals surface area contributed by atoms with Crippen LogP contribution in [0.25, 0.3) is 11.5 Å². The molecule has 0 atom stereocenters. The largest absolute Gasteiger partial charge is 0.420 e. The number of thioether (sulfide) groups is 1. The lowest BCUT2D eigenvalue weighted by Gasteiger charge is -1.98. The molecular formula is C15H10BrFN2OS. The SMILES string of the molecule is Fc1ccc(SCc2nnc(-c3ccc(Br)cc3)o2)cc1. The summed E-state index contributed by atoms with van der Waals surface area (Å²) < 4.78 is 19.4. The van der Waals surface area contributed by atoms with Gasteiger partial charge in [0.15, 0.2) is 0 Å². The number of benzene rings is 2. The van der Waals surface area contributed by atoms with Gasteiger partial charge in [-0.2, -0.15) is 0 Å². The summed E-state index contributed by atoms with van der Waals surface area (Å²) >= 11 is 4.91. The summed E-state index contributed by atoms with van der Waals surface area (Å²) in [5.74, 6) is 1.35. The first-order chi connectivity index (χ1) is 10.2. The molecule has 0 radical (unpaired) electrons. The van der Waals surface area contributed by atoms with Crippen molar-refractivity contribution in [2.75, 3.05) is 0 Å². The van der Waals surface area contributed by atoms with Crippen molar-refractivity contribution in [2.24, 2.45) is 0 Å². The summed E-state index contributed by atoms with van der Waals surface area (Å²) in [7, 11) is 0. The summed E-state index contributed by atoms with van der Waals surface area (Å²) in [4.78, 5) is 0.958. The standard InChI is InChI=1S/C15H10BrFN2OS/c16-11-3-1-10(2-4-11)15-19-18-14(20-15)9-21-13-7-5-12(17)6-8-13/h1-8H,9H2. The number of hydrogen-bond acceptors (Lipinski definition) is 4. The van der Waals surface area contributed by atoms with Crippen molar-refractivity contribution in [3.05, 3.63) is 64.7 Å². The minimum Gasteiger partial charge on any atom is -0.420 e. The molecule has 3 aromatic rings. The van der Waals surface area contributed by atoms with Gasteiger partial charge < -0.3 is 4.42 Å². The van der Waals surface area contributed by atoms with Crippen LogP contribution in [0, 0.1) is 5.82 Å². The molecule has 6 heteroatoms. The second-order valence-electron chi connectivity index (χ2n) is 4.25. The molecule has 0 N–H and O–H groups in total. The van der Waals surface area contributed by atoms with E-state index in [2.05, 4.69) is 26.1 Å². The van der Waals surface area contributed by atoms with E-state index in [0.717, 1.165) is 14.9 Å². The predicted octanol–water partition coefficient (Wildman–Crippen LogP) is 4.93. The van der Waals surface area contributed by atoms with Gasteiger partial charge in [0.25, 0.3) is 0 Å². The third-order valence-electron chi connectivity index (χ3n) is 2.73. The smallest absolute Gasteiger partial charge is 0.247 e. The Morgan fingerprint density at radius 1 is 1.00 bits per heavy atom. The molecule has 106 valence electrons. The van der Waals surface area contributed by atoms with E-state index in [1.54, 1.807) is 12.1 Å². The molecule has 0 amide bonds. The van der Waals surface area contributed by atoms with Crippen molar-refractivity contribution >= 4 is 27.7 Å². The molecule has 0 aliphatic rings. The zero-order valence-corrected chi connectivity index (χ0v) is 13.2. The van der Waals surface area contributed by atoms with Crippen LogP contribution < -0.4 is 0 Å². The first-order valence-corrected chi connectivity index (χ1v) is 7.95. The summed E-state index contributed by atoms with van der Waals surface area (Å²) in [6.45, 7) is 0. The van der Waals surface area contributed by atoms with Gasteiger partial charge in [0, 0.05) is 14.9 Å². The molecule has 0 spiro atoms. The van der Waals surface area contributed by atoms with Crippen molar-refractivity contribution in [2.45, 2.75) is 10.6 Å². The highest BCUT2D eigenvalue weighted by atomic mass is 79.9. The molecule has 2 aromatic carbocycles. The van der Waals surface area contributed by atoms with Crippen LogP contribution in [0.5, 0.6) is 0 Å². The van der Waals surface area contributed by atoms with E-state index in [1.807, 2.05) is 24.3 Å². The van der Waals surface area contributed by atoms with Gasteiger partial charge >= 0.3 is 0 Å². The van der Waals surface area contributed by atoms with Gasteiger partial charge in [0.1, 0.15) is 5.82 Å². The normalized spacial score (nSPS) is 10.8. The van der Waals surface area contributed by atoms with Gasteiger partial charge in [0.05, 0.1) is 5.75 Å². The lowest BCUT2D eigenvalue weighted by Crippen LogP contribution is -1.81. The molecule has 0 bridgehead atoms. The highest BCUT2D eigenvalue weighted by Gasteiger charge is 2.09. The van der Waals surface area contributed by atoms with Crippen molar-refractivity contribution < 1.29 is 8.81 Å². The third kappa shape index (κ3) is 3.71. The van der Waals surface area contributed by atoms with Crippen LogP contribution in [0.15, 0.2) is 62.3 Å². The Labute approximate surface area is 133 Å². The van der Waals surface area contributed by atoms with E-state index in [-0.39, 0.29) is 5.82 Å². The van der Waals surface area contributed by atoms with E-state index in [0.29, 0.717) is 17.5 Å². The fourth-order valence-electron chi connectivity index (χ4n) is 1.70. The van der Waals surface area contributed by atoms with Crippen LogP contribution in [0.2, 0.25) is 0 Å². The van der Waals surface area contributed by atoms with Crippen LogP contribution in [-0.4, -0.2) is 10.2 Å². The minimum atomic E-state index is -0.241. The maximum atomic E-state index is 12.8. The quantitative estimate of drug-likeness (QED) is 0.615. The maximum Gasteiger partial charge on any atom is 0.247 e. The molecule has 0 aliphatic heterocycles. The second kappa shape index (κ2) is 6.41. The van der Waals surface area contributed by atoms with E-state index < -0.39 is 0 Å². The third-order valence-corrected chi connectivity index (χ3v) is 4.26. The Balaban J connectivity index is 1.67. The second-order valence-corrected chi connectivity index (χ2v) is 6.21. The molecule has 21 heavy (non-hydrogen) atoms. The molecule has 1 heterocycles.